The molecule has 3 aromatic carbocycles. The number of carbonyl (C=O) groups excluding carboxylic acids is 1. The standard InChI is InChI=1S/C23H22N4O3/c24-26-15-25-19-8-4-7-18(14-19)23(30)27-21-11-9-16(10-12-22(28)29)13-20(21)17-5-2-1-3-6-17/h1-9,11,13-15H,10,12,24H2,(H,25,26)(H,27,30)(H,28,29). The van der Waals surface area contributed by atoms with E-state index in [1.165, 1.54) is 6.34 Å². The smallest absolute Gasteiger partial charge is 0.303 e. The Morgan fingerprint density at radius 2 is 1.80 bits per heavy atom. The SMILES string of the molecule is NN=CNc1cccc(C(=O)Nc2ccc(CCC(=O)O)cc2-c2ccccc2)c1. The maximum atomic E-state index is 12.8. The fourth-order valence-electron chi connectivity index (χ4n) is 3.02. The summed E-state index contributed by atoms with van der Waals surface area (Å²) in [5.41, 5.74) is 4.45. The molecule has 5 N–H and O–H groups in total. The lowest BCUT2D eigenvalue weighted by molar-refractivity contribution is -0.136. The molecule has 0 radical (unpaired) electrons. The molecule has 30 heavy (non-hydrogen) atoms. The molecule has 0 bridgehead atoms. The number of carboxylic acid groups (broad SMARTS) is 1. The highest BCUT2D eigenvalue weighted by Crippen LogP contribution is 2.30. The Labute approximate surface area is 174 Å². The molecule has 7 nitrogen and oxygen atoms in total. The zero-order valence-electron chi connectivity index (χ0n) is 16.2. The molecule has 1 amide bonds. The van der Waals surface area contributed by atoms with Crippen LogP contribution in [0, 0.1) is 0 Å². The zero-order chi connectivity index (χ0) is 21.3. The third kappa shape index (κ3) is 5.45. The summed E-state index contributed by atoms with van der Waals surface area (Å²) in [7, 11) is 0. The molecule has 0 aliphatic rings. The fourth-order valence-corrected chi connectivity index (χ4v) is 3.02. The lowest BCUT2D eigenvalue weighted by atomic mass is 9.98. The number of benzene rings is 3. The van der Waals surface area contributed by atoms with E-state index in [9.17, 15) is 9.59 Å². The Morgan fingerprint density at radius 3 is 2.53 bits per heavy atom. The topological polar surface area (TPSA) is 117 Å². The highest BCUT2D eigenvalue weighted by atomic mass is 16.4. The molecule has 0 aromatic heterocycles. The molecule has 0 saturated carbocycles. The van der Waals surface area contributed by atoms with Crippen LogP contribution in [0.4, 0.5) is 11.4 Å². The predicted molar refractivity (Wildman–Crippen MR) is 119 cm³/mol. The van der Waals surface area contributed by atoms with Gasteiger partial charge in [0.15, 0.2) is 0 Å². The number of carbonyl (C=O) groups is 2. The van der Waals surface area contributed by atoms with Crippen molar-refractivity contribution < 1.29 is 14.7 Å². The van der Waals surface area contributed by atoms with Crippen LogP contribution in [0.25, 0.3) is 11.1 Å². The molecular weight excluding hydrogens is 380 g/mol. The van der Waals surface area contributed by atoms with Crippen LogP contribution < -0.4 is 16.5 Å². The van der Waals surface area contributed by atoms with Crippen LogP contribution in [-0.4, -0.2) is 23.3 Å². The lowest BCUT2D eigenvalue weighted by Crippen LogP contribution is -2.13. The molecule has 0 unspecified atom stereocenters. The first-order valence-corrected chi connectivity index (χ1v) is 9.36. The minimum absolute atomic E-state index is 0.0475. The van der Waals surface area contributed by atoms with E-state index < -0.39 is 5.97 Å². The van der Waals surface area contributed by atoms with Crippen molar-refractivity contribution in [3.63, 3.8) is 0 Å². The second-order valence-electron chi connectivity index (χ2n) is 6.60. The summed E-state index contributed by atoms with van der Waals surface area (Å²) in [5.74, 6) is 3.98. The summed E-state index contributed by atoms with van der Waals surface area (Å²) < 4.78 is 0. The van der Waals surface area contributed by atoms with Crippen molar-refractivity contribution in [2.24, 2.45) is 10.9 Å². The highest BCUT2D eigenvalue weighted by Gasteiger charge is 2.12. The van der Waals surface area contributed by atoms with E-state index in [0.717, 1.165) is 16.7 Å². The van der Waals surface area contributed by atoms with Crippen LogP contribution in [0.1, 0.15) is 22.3 Å². The monoisotopic (exact) mass is 402 g/mol. The molecule has 0 aliphatic heterocycles. The number of aryl methyl sites for hydroxylation is 1. The highest BCUT2D eigenvalue weighted by molar-refractivity contribution is 6.07. The predicted octanol–water partition coefficient (Wildman–Crippen LogP) is 3.94. The number of anilines is 2. The van der Waals surface area contributed by atoms with E-state index >= 15 is 0 Å². The van der Waals surface area contributed by atoms with Gasteiger partial charge in [-0.25, -0.2) is 0 Å². The molecule has 3 rings (SSSR count). The number of hydrazone groups is 1. The summed E-state index contributed by atoms with van der Waals surface area (Å²) in [4.78, 5) is 23.8. The van der Waals surface area contributed by atoms with Gasteiger partial charge in [-0.05, 0) is 47.9 Å². The minimum atomic E-state index is -0.846. The third-order valence-electron chi connectivity index (χ3n) is 4.48. The summed E-state index contributed by atoms with van der Waals surface area (Å²) in [5, 5.41) is 18.2. The van der Waals surface area contributed by atoms with Crippen molar-refractivity contribution in [2.45, 2.75) is 12.8 Å². The molecular formula is C23H22N4O3. The minimum Gasteiger partial charge on any atom is -0.481 e. The lowest BCUT2D eigenvalue weighted by Gasteiger charge is -2.14. The van der Waals surface area contributed by atoms with Crippen molar-refractivity contribution >= 4 is 29.6 Å². The Balaban J connectivity index is 1.89. The van der Waals surface area contributed by atoms with Crippen LogP contribution in [0.2, 0.25) is 0 Å². The Kier molecular flexibility index (Phi) is 6.78. The molecule has 0 spiro atoms. The normalized spacial score (nSPS) is 10.7. The third-order valence-corrected chi connectivity index (χ3v) is 4.48. The van der Waals surface area contributed by atoms with Gasteiger partial charge in [0, 0.05) is 28.9 Å². The van der Waals surface area contributed by atoms with E-state index in [0.29, 0.717) is 23.4 Å². The van der Waals surface area contributed by atoms with Gasteiger partial charge < -0.3 is 21.6 Å². The Hall–Kier alpha value is -4.13. The van der Waals surface area contributed by atoms with Gasteiger partial charge >= 0.3 is 5.97 Å². The maximum Gasteiger partial charge on any atom is 0.303 e. The van der Waals surface area contributed by atoms with E-state index in [2.05, 4.69) is 15.7 Å². The molecule has 7 heteroatoms. The number of hydrogen-bond acceptors (Lipinski definition) is 4. The molecule has 0 atom stereocenters. The van der Waals surface area contributed by atoms with Gasteiger partial charge in [-0.1, -0.05) is 42.5 Å². The summed E-state index contributed by atoms with van der Waals surface area (Å²) in [6.07, 6.45) is 1.80. The van der Waals surface area contributed by atoms with Crippen molar-refractivity contribution in [1.29, 1.82) is 0 Å². The number of nitrogens with two attached hydrogens (primary N) is 1. The van der Waals surface area contributed by atoms with Crippen LogP contribution in [0.15, 0.2) is 77.9 Å². The van der Waals surface area contributed by atoms with Gasteiger partial charge in [-0.3, -0.25) is 9.59 Å². The summed E-state index contributed by atoms with van der Waals surface area (Å²) in [6, 6.07) is 22.2. The van der Waals surface area contributed by atoms with Gasteiger partial charge in [-0.15, -0.1) is 0 Å². The van der Waals surface area contributed by atoms with Gasteiger partial charge in [0.2, 0.25) is 0 Å². The van der Waals surface area contributed by atoms with Crippen molar-refractivity contribution in [3.8, 4) is 11.1 Å². The van der Waals surface area contributed by atoms with E-state index in [1.54, 1.807) is 30.3 Å². The fraction of sp³-hybridized carbons (Fsp3) is 0.0870. The molecule has 0 aliphatic carbocycles. The van der Waals surface area contributed by atoms with Crippen molar-refractivity contribution in [2.75, 3.05) is 10.6 Å². The maximum absolute atomic E-state index is 12.8. The molecule has 0 saturated heterocycles. The van der Waals surface area contributed by atoms with Crippen LogP contribution in [0.3, 0.4) is 0 Å². The van der Waals surface area contributed by atoms with Gasteiger partial charge in [-0.2, -0.15) is 5.10 Å². The summed E-state index contributed by atoms with van der Waals surface area (Å²) in [6.45, 7) is 0. The molecule has 0 fully saturated rings. The second-order valence-corrected chi connectivity index (χ2v) is 6.60. The largest absolute Gasteiger partial charge is 0.481 e. The number of nitrogens with zero attached hydrogens (tertiary/aromatic N) is 1. The Morgan fingerprint density at radius 1 is 1.00 bits per heavy atom. The van der Waals surface area contributed by atoms with Gasteiger partial charge in [0.25, 0.3) is 5.91 Å². The zero-order valence-corrected chi connectivity index (χ0v) is 16.2. The average molecular weight is 402 g/mol. The average Bonchev–Trinajstić information content (AvgIpc) is 2.77. The van der Waals surface area contributed by atoms with Crippen molar-refractivity contribution in [3.05, 3.63) is 83.9 Å². The van der Waals surface area contributed by atoms with Crippen LogP contribution >= 0.6 is 0 Å². The van der Waals surface area contributed by atoms with E-state index in [-0.39, 0.29) is 12.3 Å². The Bertz CT molecular complexity index is 1070. The number of nitrogens with one attached hydrogen (secondary N) is 2. The molecule has 3 aromatic rings. The number of aliphatic carboxylic acids is 1. The number of rotatable bonds is 8. The molecule has 0 heterocycles. The first-order valence-electron chi connectivity index (χ1n) is 9.36. The van der Waals surface area contributed by atoms with Gasteiger partial charge in [0.05, 0.1) is 0 Å². The van der Waals surface area contributed by atoms with Crippen molar-refractivity contribution in [1.82, 2.24) is 0 Å². The van der Waals surface area contributed by atoms with Crippen LogP contribution in [0.5, 0.6) is 0 Å². The first kappa shape index (κ1) is 20.6. The number of carboxylic acids is 1. The second kappa shape index (κ2) is 9.88. The van der Waals surface area contributed by atoms with E-state index in [4.69, 9.17) is 10.9 Å². The first-order chi connectivity index (χ1) is 14.6. The van der Waals surface area contributed by atoms with E-state index in [1.807, 2.05) is 42.5 Å². The van der Waals surface area contributed by atoms with Gasteiger partial charge in [0.1, 0.15) is 6.34 Å². The van der Waals surface area contributed by atoms with Crippen LogP contribution in [-0.2, 0) is 11.2 Å². The number of hydrogen-bond donors (Lipinski definition) is 4. The summed E-state index contributed by atoms with van der Waals surface area (Å²) >= 11 is 0. The molecule has 152 valence electrons. The number of amides is 1. The quantitative estimate of drug-likeness (QED) is 0.197.